The van der Waals surface area contributed by atoms with Crippen LogP contribution in [0.3, 0.4) is 0 Å². The number of carbonyl (C=O) groups is 1. The fourth-order valence-electron chi connectivity index (χ4n) is 3.21. The number of nitrogens with zero attached hydrogens (tertiary/aromatic N) is 1. The maximum absolute atomic E-state index is 12.4. The number of nitro benzene ring substituents is 1. The lowest BCUT2D eigenvalue weighted by Crippen LogP contribution is -2.61. The summed E-state index contributed by atoms with van der Waals surface area (Å²) in [6, 6.07) is 15.5. The molecular formula is C19H22N4O4. The van der Waals surface area contributed by atoms with E-state index in [0.29, 0.717) is 25.2 Å². The van der Waals surface area contributed by atoms with Crippen molar-refractivity contribution in [2.75, 3.05) is 6.61 Å². The smallest absolute Gasteiger partial charge is 0.269 e. The zero-order valence-corrected chi connectivity index (χ0v) is 14.7. The third-order valence-electron chi connectivity index (χ3n) is 4.53. The van der Waals surface area contributed by atoms with Crippen LogP contribution in [0.4, 0.5) is 5.69 Å². The average Bonchev–Trinajstić information content (AvgIpc) is 2.67. The Labute approximate surface area is 156 Å². The highest BCUT2D eigenvalue weighted by Gasteiger charge is 2.35. The van der Waals surface area contributed by atoms with E-state index in [0.717, 1.165) is 5.56 Å². The molecule has 0 radical (unpaired) electrons. The van der Waals surface area contributed by atoms with Gasteiger partial charge in [0.2, 0.25) is 5.91 Å². The van der Waals surface area contributed by atoms with E-state index in [9.17, 15) is 14.9 Å². The van der Waals surface area contributed by atoms with Crippen LogP contribution in [0.25, 0.3) is 0 Å². The molecule has 3 rings (SSSR count). The molecule has 1 aliphatic rings. The first kappa shape index (κ1) is 18.8. The topological polar surface area (TPSA) is 120 Å². The molecule has 0 bridgehead atoms. The fraction of sp³-hybridized carbons (Fsp3) is 0.316. The molecule has 1 saturated heterocycles. The number of ether oxygens (including phenoxy) is 1. The first-order valence-electron chi connectivity index (χ1n) is 8.79. The number of nitrogens with one attached hydrogen (secondary N) is 2. The van der Waals surface area contributed by atoms with Crippen molar-refractivity contribution in [3.05, 3.63) is 70.3 Å². The number of carbonyl (C=O) groups excluding carboxylic acids is 1. The first-order valence-corrected chi connectivity index (χ1v) is 8.79. The fourth-order valence-corrected chi connectivity index (χ4v) is 3.21. The molecule has 0 unspecified atom stereocenters. The Morgan fingerprint density at radius 2 is 1.81 bits per heavy atom. The molecule has 3 atom stereocenters. The van der Waals surface area contributed by atoms with Crippen LogP contribution in [0.2, 0.25) is 0 Å². The van der Waals surface area contributed by atoms with E-state index >= 15 is 0 Å². The second-order valence-electron chi connectivity index (χ2n) is 6.39. The summed E-state index contributed by atoms with van der Waals surface area (Å²) in [6.07, 6.45) is 0.711. The van der Waals surface area contributed by atoms with Gasteiger partial charge in [-0.05, 0) is 30.5 Å². The van der Waals surface area contributed by atoms with E-state index in [1.807, 2.05) is 30.3 Å². The third-order valence-corrected chi connectivity index (χ3v) is 4.53. The largest absolute Gasteiger partial charge is 0.494 e. The molecule has 1 fully saturated rings. The molecule has 0 spiro atoms. The Balaban J connectivity index is 1.56. The highest BCUT2D eigenvalue weighted by molar-refractivity contribution is 5.80. The molecular weight excluding hydrogens is 348 g/mol. The number of nitro groups is 1. The van der Waals surface area contributed by atoms with Gasteiger partial charge in [-0.15, -0.1) is 0 Å². The highest BCUT2D eigenvalue weighted by Crippen LogP contribution is 2.29. The van der Waals surface area contributed by atoms with Crippen LogP contribution in [-0.2, 0) is 4.79 Å². The van der Waals surface area contributed by atoms with E-state index in [4.69, 9.17) is 10.5 Å². The number of nitrogens with two attached hydrogens (primary N) is 1. The Kier molecular flexibility index (Phi) is 6.00. The van der Waals surface area contributed by atoms with Crippen LogP contribution in [0.5, 0.6) is 5.75 Å². The molecule has 142 valence electrons. The number of benzene rings is 2. The highest BCUT2D eigenvalue weighted by atomic mass is 16.6. The van der Waals surface area contributed by atoms with Crippen molar-refractivity contribution in [3.63, 3.8) is 0 Å². The van der Waals surface area contributed by atoms with Gasteiger partial charge >= 0.3 is 0 Å². The lowest BCUT2D eigenvalue weighted by molar-refractivity contribution is -0.384. The Morgan fingerprint density at radius 1 is 1.11 bits per heavy atom. The first-order chi connectivity index (χ1) is 13.0. The van der Waals surface area contributed by atoms with Crippen LogP contribution >= 0.6 is 0 Å². The van der Waals surface area contributed by atoms with Crippen molar-refractivity contribution in [1.29, 1.82) is 0 Å². The quantitative estimate of drug-likeness (QED) is 0.390. The van der Waals surface area contributed by atoms with E-state index in [-0.39, 0.29) is 23.6 Å². The molecule has 8 heteroatoms. The van der Waals surface area contributed by atoms with E-state index in [2.05, 4.69) is 10.6 Å². The van der Waals surface area contributed by atoms with Gasteiger partial charge in [0.25, 0.3) is 5.69 Å². The van der Waals surface area contributed by atoms with Gasteiger partial charge in [0, 0.05) is 18.2 Å². The summed E-state index contributed by atoms with van der Waals surface area (Å²) in [6.45, 7) is 0.412. The number of hydrogen-bond acceptors (Lipinski definition) is 6. The van der Waals surface area contributed by atoms with Crippen molar-refractivity contribution in [2.24, 2.45) is 11.7 Å². The molecule has 1 amide bonds. The normalized spacial score (nSPS) is 22.1. The molecule has 0 saturated carbocycles. The maximum atomic E-state index is 12.4. The van der Waals surface area contributed by atoms with Crippen LogP contribution in [-0.4, -0.2) is 23.7 Å². The summed E-state index contributed by atoms with van der Waals surface area (Å²) in [5, 5.41) is 16.6. The van der Waals surface area contributed by atoms with Gasteiger partial charge < -0.3 is 10.1 Å². The van der Waals surface area contributed by atoms with Crippen molar-refractivity contribution < 1.29 is 14.5 Å². The van der Waals surface area contributed by atoms with E-state index in [1.54, 1.807) is 12.1 Å². The Hall–Kier alpha value is -2.97. The number of rotatable bonds is 7. The molecule has 27 heavy (non-hydrogen) atoms. The summed E-state index contributed by atoms with van der Waals surface area (Å²) in [5.41, 5.74) is 6.90. The van der Waals surface area contributed by atoms with E-state index < -0.39 is 11.2 Å². The van der Waals surface area contributed by atoms with Crippen molar-refractivity contribution >= 4 is 11.6 Å². The zero-order chi connectivity index (χ0) is 19.2. The lowest BCUT2D eigenvalue weighted by Gasteiger charge is -2.36. The lowest BCUT2D eigenvalue weighted by atomic mass is 9.87. The van der Waals surface area contributed by atoms with Crippen molar-refractivity contribution in [3.8, 4) is 5.75 Å². The SMILES string of the molecule is N[C@H]1NC(=O)[C@H](CCCOc2ccc([N+](=O)[O-])cc2)[C@H](c2ccccc2)N1. The number of non-ortho nitro benzene ring substituents is 1. The Morgan fingerprint density at radius 3 is 2.48 bits per heavy atom. The van der Waals surface area contributed by atoms with Crippen molar-refractivity contribution in [1.82, 2.24) is 10.6 Å². The maximum Gasteiger partial charge on any atom is 0.269 e. The second kappa shape index (κ2) is 8.61. The van der Waals surface area contributed by atoms with Gasteiger partial charge in [-0.2, -0.15) is 0 Å². The van der Waals surface area contributed by atoms with Crippen LogP contribution in [0.15, 0.2) is 54.6 Å². The van der Waals surface area contributed by atoms with Crippen LogP contribution in [0.1, 0.15) is 24.4 Å². The molecule has 0 aromatic heterocycles. The molecule has 8 nitrogen and oxygen atoms in total. The van der Waals surface area contributed by atoms with Gasteiger partial charge in [-0.25, -0.2) is 0 Å². The Bertz CT molecular complexity index is 782. The summed E-state index contributed by atoms with van der Waals surface area (Å²) in [4.78, 5) is 22.6. The van der Waals surface area contributed by atoms with Gasteiger partial charge in [-0.1, -0.05) is 30.3 Å². The summed E-state index contributed by atoms with van der Waals surface area (Å²) in [7, 11) is 0. The molecule has 0 aliphatic carbocycles. The third kappa shape index (κ3) is 4.81. The molecule has 4 N–H and O–H groups in total. The average molecular weight is 370 g/mol. The predicted octanol–water partition coefficient (Wildman–Crippen LogP) is 2.07. The number of amides is 1. The predicted molar refractivity (Wildman–Crippen MR) is 99.8 cm³/mol. The molecule has 1 aliphatic heterocycles. The van der Waals surface area contributed by atoms with E-state index in [1.165, 1.54) is 12.1 Å². The minimum absolute atomic E-state index is 0.0225. The van der Waals surface area contributed by atoms with Gasteiger partial charge in [0.1, 0.15) is 12.0 Å². The van der Waals surface area contributed by atoms with Gasteiger partial charge in [-0.3, -0.25) is 26.0 Å². The standard InChI is InChI=1S/C19H22N4O4/c20-19-21-17(13-5-2-1-3-6-13)16(18(24)22-19)7-4-12-27-15-10-8-14(9-11-15)23(25)26/h1-3,5-6,8-11,16-17,19,21H,4,7,12,20H2,(H,22,24)/t16-,17+,19-/m1/s1. The molecule has 2 aromatic rings. The minimum Gasteiger partial charge on any atom is -0.494 e. The molecule has 1 heterocycles. The second-order valence-corrected chi connectivity index (χ2v) is 6.39. The van der Waals surface area contributed by atoms with Crippen molar-refractivity contribution in [2.45, 2.75) is 25.2 Å². The van der Waals surface area contributed by atoms with Crippen LogP contribution in [0, 0.1) is 16.0 Å². The number of hydrogen-bond donors (Lipinski definition) is 3. The summed E-state index contributed by atoms with van der Waals surface area (Å²) < 4.78 is 5.63. The van der Waals surface area contributed by atoms with Gasteiger partial charge in [0.15, 0.2) is 0 Å². The summed E-state index contributed by atoms with van der Waals surface area (Å²) >= 11 is 0. The van der Waals surface area contributed by atoms with Gasteiger partial charge in [0.05, 0.1) is 17.4 Å². The minimum atomic E-state index is -0.574. The van der Waals surface area contributed by atoms with Crippen LogP contribution < -0.4 is 21.1 Å². The monoisotopic (exact) mass is 370 g/mol. The zero-order valence-electron chi connectivity index (χ0n) is 14.7. The summed E-state index contributed by atoms with van der Waals surface area (Å²) in [5.74, 6) is 0.228. The molecule has 2 aromatic carbocycles.